The molecule has 3 nitrogen and oxygen atoms in total. The largest absolute Gasteiger partial charge is 0.396 e. The fourth-order valence-electron chi connectivity index (χ4n) is 1.13. The second-order valence-electron chi connectivity index (χ2n) is 3.35. The average molecular weight is 278 g/mol. The monoisotopic (exact) mass is 277 g/mol. The van der Waals surface area contributed by atoms with Crippen LogP contribution in [0.5, 0.6) is 0 Å². The van der Waals surface area contributed by atoms with Crippen LogP contribution in [0.25, 0.3) is 0 Å². The number of halogens is 2. The summed E-state index contributed by atoms with van der Waals surface area (Å²) in [5, 5.41) is 11.1. The number of nitrogens with one attached hydrogen (secondary N) is 1. The number of carbonyl (C=O) groups is 1. The molecule has 0 fully saturated rings. The van der Waals surface area contributed by atoms with Gasteiger partial charge in [0.15, 0.2) is 0 Å². The molecule has 0 aliphatic carbocycles. The van der Waals surface area contributed by atoms with Crippen LogP contribution >= 0.6 is 23.4 Å². The smallest absolute Gasteiger partial charge is 0.237 e. The Morgan fingerprint density at radius 2 is 2.35 bits per heavy atom. The van der Waals surface area contributed by atoms with Gasteiger partial charge in [-0.05, 0) is 25.1 Å². The first-order valence-corrected chi connectivity index (χ1v) is 6.45. The van der Waals surface area contributed by atoms with Gasteiger partial charge in [0, 0.05) is 5.75 Å². The summed E-state index contributed by atoms with van der Waals surface area (Å²) in [6.07, 6.45) is 0. The Hall–Kier alpha value is -0.780. The summed E-state index contributed by atoms with van der Waals surface area (Å²) in [6, 6.07) is 3.79. The van der Waals surface area contributed by atoms with Gasteiger partial charge in [0.2, 0.25) is 5.91 Å². The van der Waals surface area contributed by atoms with Crippen LogP contribution < -0.4 is 5.32 Å². The van der Waals surface area contributed by atoms with Crippen LogP contribution in [0.1, 0.15) is 6.92 Å². The first kappa shape index (κ1) is 14.3. The van der Waals surface area contributed by atoms with Crippen LogP contribution in [0, 0.1) is 5.82 Å². The Morgan fingerprint density at radius 1 is 1.65 bits per heavy atom. The lowest BCUT2D eigenvalue weighted by Crippen LogP contribution is -2.23. The second-order valence-corrected chi connectivity index (χ2v) is 5.21. The van der Waals surface area contributed by atoms with E-state index in [0.717, 1.165) is 6.07 Å². The molecule has 0 aromatic heterocycles. The van der Waals surface area contributed by atoms with Crippen molar-refractivity contribution in [2.45, 2.75) is 12.2 Å². The van der Waals surface area contributed by atoms with Gasteiger partial charge in [-0.25, -0.2) is 4.39 Å². The molecule has 1 aromatic carbocycles. The minimum atomic E-state index is -0.448. The van der Waals surface area contributed by atoms with Crippen molar-refractivity contribution in [3.8, 4) is 0 Å². The van der Waals surface area contributed by atoms with Crippen molar-refractivity contribution in [3.05, 3.63) is 29.0 Å². The van der Waals surface area contributed by atoms with Gasteiger partial charge in [-0.15, -0.1) is 11.8 Å². The first-order valence-electron chi connectivity index (χ1n) is 5.03. The number of rotatable bonds is 5. The molecule has 0 saturated carbocycles. The van der Waals surface area contributed by atoms with Crippen molar-refractivity contribution in [1.29, 1.82) is 0 Å². The van der Waals surface area contributed by atoms with E-state index < -0.39 is 5.82 Å². The summed E-state index contributed by atoms with van der Waals surface area (Å²) in [5.41, 5.74) is 0.384. The highest BCUT2D eigenvalue weighted by atomic mass is 35.5. The van der Waals surface area contributed by atoms with Crippen molar-refractivity contribution < 1.29 is 14.3 Å². The zero-order chi connectivity index (χ0) is 12.8. The van der Waals surface area contributed by atoms with Crippen LogP contribution in [0.15, 0.2) is 18.2 Å². The number of benzene rings is 1. The predicted molar refractivity (Wildman–Crippen MR) is 69.0 cm³/mol. The fourth-order valence-corrected chi connectivity index (χ4v) is 2.01. The number of thioether (sulfide) groups is 1. The number of hydrogen-bond donors (Lipinski definition) is 2. The van der Waals surface area contributed by atoms with Gasteiger partial charge in [0.25, 0.3) is 0 Å². The molecule has 0 aliphatic rings. The molecule has 0 aliphatic heterocycles. The zero-order valence-corrected chi connectivity index (χ0v) is 10.8. The summed E-state index contributed by atoms with van der Waals surface area (Å²) in [6.45, 7) is 1.76. The molecule has 1 amide bonds. The van der Waals surface area contributed by atoms with Crippen molar-refractivity contribution in [2.75, 3.05) is 17.7 Å². The minimum Gasteiger partial charge on any atom is -0.396 e. The number of hydrogen-bond acceptors (Lipinski definition) is 3. The molecule has 1 aromatic rings. The molecule has 0 spiro atoms. The molecule has 2 N–H and O–H groups in total. The number of aliphatic hydroxyl groups excluding tert-OH is 1. The molecule has 6 heteroatoms. The summed E-state index contributed by atoms with van der Waals surface area (Å²) < 4.78 is 12.8. The Morgan fingerprint density at radius 3 is 2.94 bits per heavy atom. The van der Waals surface area contributed by atoms with Crippen LogP contribution in [-0.4, -0.2) is 28.6 Å². The molecule has 17 heavy (non-hydrogen) atoms. The van der Waals surface area contributed by atoms with Gasteiger partial charge in [0.1, 0.15) is 5.82 Å². The highest BCUT2D eigenvalue weighted by molar-refractivity contribution is 8.00. The average Bonchev–Trinajstić information content (AvgIpc) is 2.29. The van der Waals surface area contributed by atoms with Crippen LogP contribution in [-0.2, 0) is 4.79 Å². The standard InChI is InChI=1S/C11H13ClFNO2S/c1-7(17-5-4-15)11(16)14-10-3-2-8(13)6-9(10)12/h2-3,6-7,15H,4-5H2,1H3,(H,14,16)/t7-/m1/s1. The Kier molecular flexibility index (Phi) is 5.74. The third kappa shape index (κ3) is 4.53. The first-order chi connectivity index (χ1) is 8.04. The maximum atomic E-state index is 12.8. The van der Waals surface area contributed by atoms with Crippen molar-refractivity contribution >= 4 is 35.0 Å². The molecular formula is C11H13ClFNO2S. The van der Waals surface area contributed by atoms with Crippen LogP contribution in [0.4, 0.5) is 10.1 Å². The number of aliphatic hydroxyl groups is 1. The van der Waals surface area contributed by atoms with Crippen molar-refractivity contribution in [2.24, 2.45) is 0 Å². The second kappa shape index (κ2) is 6.83. The van der Waals surface area contributed by atoms with E-state index in [1.165, 1.54) is 23.9 Å². The van der Waals surface area contributed by atoms with E-state index in [2.05, 4.69) is 5.32 Å². The normalized spacial score (nSPS) is 12.2. The van der Waals surface area contributed by atoms with Gasteiger partial charge >= 0.3 is 0 Å². The Balaban J connectivity index is 2.61. The minimum absolute atomic E-state index is 0.0274. The molecule has 0 saturated heterocycles. The SMILES string of the molecule is C[C@@H](SCCO)C(=O)Nc1ccc(F)cc1Cl. The molecule has 94 valence electrons. The lowest BCUT2D eigenvalue weighted by molar-refractivity contribution is -0.115. The van der Waals surface area contributed by atoms with E-state index in [1.54, 1.807) is 6.92 Å². The van der Waals surface area contributed by atoms with Crippen molar-refractivity contribution in [3.63, 3.8) is 0 Å². The fraction of sp³-hybridized carbons (Fsp3) is 0.364. The number of amides is 1. The third-order valence-electron chi connectivity index (χ3n) is 2.02. The number of carbonyl (C=O) groups excluding carboxylic acids is 1. The zero-order valence-electron chi connectivity index (χ0n) is 9.24. The predicted octanol–water partition coefficient (Wildman–Crippen LogP) is 2.53. The highest BCUT2D eigenvalue weighted by Gasteiger charge is 2.14. The summed E-state index contributed by atoms with van der Waals surface area (Å²) >= 11 is 7.11. The molecule has 0 unspecified atom stereocenters. The molecule has 1 rings (SSSR count). The van der Waals surface area contributed by atoms with E-state index >= 15 is 0 Å². The van der Waals surface area contributed by atoms with E-state index in [1.807, 2.05) is 0 Å². The quantitative estimate of drug-likeness (QED) is 0.870. The lowest BCUT2D eigenvalue weighted by Gasteiger charge is -2.12. The molecule has 0 radical (unpaired) electrons. The third-order valence-corrected chi connectivity index (χ3v) is 3.46. The van der Waals surface area contributed by atoms with E-state index in [-0.39, 0.29) is 22.8 Å². The van der Waals surface area contributed by atoms with Crippen molar-refractivity contribution in [1.82, 2.24) is 0 Å². The lowest BCUT2D eigenvalue weighted by atomic mass is 10.3. The Bertz CT molecular complexity index is 403. The van der Waals surface area contributed by atoms with E-state index in [4.69, 9.17) is 16.7 Å². The summed E-state index contributed by atoms with van der Waals surface area (Å²) in [4.78, 5) is 11.7. The molecular weight excluding hydrogens is 265 g/mol. The van der Waals surface area contributed by atoms with Gasteiger partial charge in [-0.1, -0.05) is 11.6 Å². The summed E-state index contributed by atoms with van der Waals surface area (Å²) in [5.74, 6) is -0.182. The van der Waals surface area contributed by atoms with Crippen LogP contribution in [0.2, 0.25) is 5.02 Å². The van der Waals surface area contributed by atoms with Gasteiger partial charge in [-0.2, -0.15) is 0 Å². The maximum Gasteiger partial charge on any atom is 0.237 e. The van der Waals surface area contributed by atoms with Gasteiger partial charge < -0.3 is 10.4 Å². The summed E-state index contributed by atoms with van der Waals surface area (Å²) in [7, 11) is 0. The molecule has 0 bridgehead atoms. The van der Waals surface area contributed by atoms with Gasteiger partial charge in [0.05, 0.1) is 22.6 Å². The molecule has 0 heterocycles. The van der Waals surface area contributed by atoms with Gasteiger partial charge in [-0.3, -0.25) is 4.79 Å². The van der Waals surface area contributed by atoms with E-state index in [0.29, 0.717) is 11.4 Å². The highest BCUT2D eigenvalue weighted by Crippen LogP contribution is 2.23. The van der Waals surface area contributed by atoms with E-state index in [9.17, 15) is 9.18 Å². The Labute approximate surface area is 108 Å². The van der Waals surface area contributed by atoms with Crippen LogP contribution in [0.3, 0.4) is 0 Å². The molecule has 1 atom stereocenters. The number of anilines is 1. The topological polar surface area (TPSA) is 49.3 Å². The maximum absolute atomic E-state index is 12.8.